The summed E-state index contributed by atoms with van der Waals surface area (Å²) in [5.41, 5.74) is -2.79. The Bertz CT molecular complexity index is 1920. The first kappa shape index (κ1) is 36.1. The van der Waals surface area contributed by atoms with Crippen LogP contribution < -0.4 is 14.8 Å². The Morgan fingerprint density at radius 3 is 2.25 bits per heavy atom. The molecule has 9 atom stereocenters. The number of allylic oxidation sites excluding steroid dienone is 2. The van der Waals surface area contributed by atoms with Crippen LogP contribution in [0.2, 0.25) is 0 Å². The highest BCUT2D eigenvalue weighted by Crippen LogP contribution is 2.60. The van der Waals surface area contributed by atoms with Crippen LogP contribution in [0.25, 0.3) is 10.8 Å². The van der Waals surface area contributed by atoms with Crippen LogP contribution >= 0.6 is 0 Å². The fourth-order valence-electron chi connectivity index (χ4n) is 7.97. The number of amides is 1. The van der Waals surface area contributed by atoms with E-state index in [9.17, 15) is 39.6 Å². The molecule has 14 nitrogen and oxygen atoms in total. The number of aromatic hydroxyl groups is 3. The predicted octanol–water partition coefficient (Wildman–Crippen LogP) is 3.35. The molecule has 9 unspecified atom stereocenters. The quantitative estimate of drug-likeness (QED) is 0.135. The molecule has 2 aromatic carbocycles. The van der Waals surface area contributed by atoms with Gasteiger partial charge in [0.1, 0.15) is 23.9 Å². The highest BCUT2D eigenvalue weighted by Gasteiger charge is 2.62. The Morgan fingerprint density at radius 2 is 1.61 bits per heavy atom. The summed E-state index contributed by atoms with van der Waals surface area (Å²) in [6.45, 7) is 7.87. The first-order valence-corrected chi connectivity index (χ1v) is 16.9. The topological polar surface area (TPSA) is 201 Å². The lowest BCUT2D eigenvalue weighted by molar-refractivity contribution is -0.196. The van der Waals surface area contributed by atoms with Gasteiger partial charge in [-0.1, -0.05) is 39.0 Å². The van der Waals surface area contributed by atoms with Gasteiger partial charge in [-0.15, -0.1) is 0 Å². The molecule has 0 aliphatic carbocycles. The number of phenolic OH excluding ortho intramolecular Hbond substituents is 3. The average Bonchev–Trinajstić information content (AvgIpc) is 3.35. The van der Waals surface area contributed by atoms with Gasteiger partial charge in [-0.2, -0.15) is 0 Å². The van der Waals surface area contributed by atoms with Crippen LogP contribution in [0.15, 0.2) is 23.8 Å². The Hall–Kier alpha value is -4.66. The molecule has 1 amide bonds. The standard InChI is InChI=1S/C37H44N2O12/c1-14-11-9-10-12-19(40)15(2)28-16(3)29-17(4)30(48-8)23(36(47)50-29)34(45)37(5)33(44)22-20-21(27(43)32(49-28)31(22)51-37)26(42)24(38-35(14)46)18(25(20)41)13-39(6)7/h9-11,15-17,19,23,28-30,40-43H,12-13H2,1-8H3,(H,38,46). The van der Waals surface area contributed by atoms with E-state index in [-0.39, 0.29) is 40.7 Å². The number of aliphatic hydroxyl groups is 1. The molecule has 0 spiro atoms. The van der Waals surface area contributed by atoms with E-state index in [2.05, 4.69) is 5.32 Å². The maximum Gasteiger partial charge on any atom is 0.319 e. The van der Waals surface area contributed by atoms with Crippen molar-refractivity contribution in [3.63, 3.8) is 0 Å². The third kappa shape index (κ3) is 5.42. The number of Topliss-reactive ketones (excluding diaryl/α,β-unsaturated/α-hetero) is 2. The lowest BCUT2D eigenvalue weighted by Crippen LogP contribution is -2.61. The maximum absolute atomic E-state index is 14.7. The number of ketones is 2. The van der Waals surface area contributed by atoms with Crippen molar-refractivity contribution < 1.29 is 58.6 Å². The summed E-state index contributed by atoms with van der Waals surface area (Å²) in [5.74, 6) is -10.0. The van der Waals surface area contributed by atoms with Gasteiger partial charge in [0, 0.05) is 47.9 Å². The summed E-state index contributed by atoms with van der Waals surface area (Å²) in [6.07, 6.45) is 0.852. The lowest BCUT2D eigenvalue weighted by Gasteiger charge is -2.45. The van der Waals surface area contributed by atoms with E-state index < -0.39 is 111 Å². The summed E-state index contributed by atoms with van der Waals surface area (Å²) in [6, 6.07) is 0. The Labute approximate surface area is 294 Å². The molecule has 5 aliphatic rings. The largest absolute Gasteiger partial charge is 0.507 e. The van der Waals surface area contributed by atoms with E-state index >= 15 is 0 Å². The molecule has 8 bridgehead atoms. The monoisotopic (exact) mass is 708 g/mol. The molecule has 274 valence electrons. The van der Waals surface area contributed by atoms with Crippen molar-refractivity contribution in [1.82, 2.24) is 4.90 Å². The number of hydrogen-bond acceptors (Lipinski definition) is 13. The zero-order valence-electron chi connectivity index (χ0n) is 29.8. The van der Waals surface area contributed by atoms with Gasteiger partial charge in [-0.25, -0.2) is 0 Å². The van der Waals surface area contributed by atoms with Crippen LogP contribution in [0, 0.1) is 23.7 Å². The van der Waals surface area contributed by atoms with Crippen molar-refractivity contribution in [3.05, 3.63) is 34.9 Å². The molecule has 5 N–H and O–H groups in total. The molecule has 7 rings (SSSR count). The molecule has 1 fully saturated rings. The SMILES string of the molecule is COC1C2C(=O)OC(C1C)C(C)C1Oc3c4c(c5c(O)c(CN(C)C)c(c(O)c5c3O)NC(=O)C(C)=CC=CCC(O)C1C)C(=O)C(C)(O4)C2=O. The zero-order chi connectivity index (χ0) is 37.4. The number of hydrogen-bond donors (Lipinski definition) is 5. The number of anilines is 1. The molecule has 14 heteroatoms. The molecular formula is C37H44N2O12. The van der Waals surface area contributed by atoms with Gasteiger partial charge in [-0.3, -0.25) is 19.2 Å². The third-order valence-electron chi connectivity index (χ3n) is 10.9. The smallest absolute Gasteiger partial charge is 0.319 e. The second kappa shape index (κ2) is 12.8. The van der Waals surface area contributed by atoms with E-state index in [0.29, 0.717) is 0 Å². The molecule has 2 aromatic rings. The minimum atomic E-state index is -2.40. The molecule has 5 heterocycles. The van der Waals surface area contributed by atoms with Crippen molar-refractivity contribution in [2.45, 2.75) is 77.6 Å². The lowest BCUT2D eigenvalue weighted by atomic mass is 9.73. The number of nitrogens with zero attached hydrogens (tertiary/aromatic N) is 1. The summed E-state index contributed by atoms with van der Waals surface area (Å²) in [5, 5.41) is 49.3. The fraction of sp³-hybridized carbons (Fsp3) is 0.514. The summed E-state index contributed by atoms with van der Waals surface area (Å²) in [7, 11) is 4.72. The number of phenols is 3. The normalized spacial score (nSPS) is 32.2. The van der Waals surface area contributed by atoms with Crippen molar-refractivity contribution in [2.24, 2.45) is 23.7 Å². The van der Waals surface area contributed by atoms with E-state index in [4.69, 9.17) is 18.9 Å². The number of nitrogens with one attached hydrogen (secondary N) is 1. The van der Waals surface area contributed by atoms with Gasteiger partial charge in [0.15, 0.2) is 17.2 Å². The number of rotatable bonds is 3. The summed E-state index contributed by atoms with van der Waals surface area (Å²) >= 11 is 0. The van der Waals surface area contributed by atoms with Gasteiger partial charge < -0.3 is 49.6 Å². The van der Waals surface area contributed by atoms with Crippen LogP contribution in [0.5, 0.6) is 28.7 Å². The molecule has 5 aliphatic heterocycles. The number of ether oxygens (including phenoxy) is 4. The van der Waals surface area contributed by atoms with E-state index in [0.717, 1.165) is 0 Å². The number of carbonyl (C=O) groups is 4. The number of esters is 1. The van der Waals surface area contributed by atoms with Gasteiger partial charge in [0.2, 0.25) is 22.9 Å². The highest BCUT2D eigenvalue weighted by molar-refractivity contribution is 6.30. The molecule has 0 aromatic heterocycles. The molecule has 1 saturated heterocycles. The summed E-state index contributed by atoms with van der Waals surface area (Å²) in [4.78, 5) is 58.0. The zero-order valence-corrected chi connectivity index (χ0v) is 29.8. The van der Waals surface area contributed by atoms with Gasteiger partial charge in [-0.05, 0) is 34.4 Å². The average molecular weight is 709 g/mol. The molecule has 0 radical (unpaired) electrons. The minimum absolute atomic E-state index is 0.00227. The van der Waals surface area contributed by atoms with Crippen molar-refractivity contribution in [3.8, 4) is 28.7 Å². The number of carbonyl (C=O) groups excluding carboxylic acids is 4. The summed E-state index contributed by atoms with van der Waals surface area (Å²) < 4.78 is 24.5. The van der Waals surface area contributed by atoms with Crippen LogP contribution in [-0.4, -0.2) is 100.0 Å². The second-order valence-corrected chi connectivity index (χ2v) is 14.5. The van der Waals surface area contributed by atoms with E-state index in [1.165, 1.54) is 20.1 Å². The predicted molar refractivity (Wildman–Crippen MR) is 183 cm³/mol. The maximum atomic E-state index is 14.7. The Kier molecular flexibility index (Phi) is 9.10. The van der Waals surface area contributed by atoms with Gasteiger partial charge >= 0.3 is 5.97 Å². The van der Waals surface area contributed by atoms with Crippen molar-refractivity contribution in [1.29, 1.82) is 0 Å². The number of methoxy groups -OCH3 is 1. The number of fused-ring (bicyclic) bond motifs is 4. The van der Waals surface area contributed by atoms with Gasteiger partial charge in [0.25, 0.3) is 5.91 Å². The number of benzene rings is 2. The van der Waals surface area contributed by atoms with Crippen LogP contribution in [0.4, 0.5) is 5.69 Å². The first-order valence-electron chi connectivity index (χ1n) is 16.9. The Morgan fingerprint density at radius 1 is 0.941 bits per heavy atom. The number of aliphatic hydroxyl groups excluding tert-OH is 1. The van der Waals surface area contributed by atoms with E-state index in [1.54, 1.807) is 58.8 Å². The second-order valence-electron chi connectivity index (χ2n) is 14.5. The van der Waals surface area contributed by atoms with Gasteiger partial charge in [0.05, 0.1) is 28.8 Å². The Balaban J connectivity index is 1.77. The third-order valence-corrected chi connectivity index (χ3v) is 10.9. The van der Waals surface area contributed by atoms with Crippen LogP contribution in [0.1, 0.15) is 57.0 Å². The fourth-order valence-corrected chi connectivity index (χ4v) is 7.97. The molecular weight excluding hydrogens is 664 g/mol. The first-order chi connectivity index (χ1) is 24.0. The molecule has 51 heavy (non-hydrogen) atoms. The minimum Gasteiger partial charge on any atom is -0.507 e. The van der Waals surface area contributed by atoms with E-state index in [1.807, 2.05) is 0 Å². The van der Waals surface area contributed by atoms with Crippen LogP contribution in [-0.2, 0) is 30.4 Å². The van der Waals surface area contributed by atoms with Crippen LogP contribution in [0.3, 0.4) is 0 Å². The molecule has 0 saturated carbocycles. The highest BCUT2D eigenvalue weighted by atomic mass is 16.6. The van der Waals surface area contributed by atoms with Crippen molar-refractivity contribution in [2.75, 3.05) is 26.5 Å². The van der Waals surface area contributed by atoms with Crippen molar-refractivity contribution >= 4 is 39.9 Å².